The van der Waals surface area contributed by atoms with E-state index in [1.54, 1.807) is 70.6 Å². The normalized spacial score (nSPS) is 21.8. The first-order chi connectivity index (χ1) is 14.0. The molecule has 0 saturated heterocycles. The van der Waals surface area contributed by atoms with E-state index < -0.39 is 0 Å². The molecule has 0 aromatic carbocycles. The van der Waals surface area contributed by atoms with Gasteiger partial charge < -0.3 is 9.47 Å². The zero-order chi connectivity index (χ0) is 21.2. The molecule has 4 nitrogen and oxygen atoms in total. The van der Waals surface area contributed by atoms with Gasteiger partial charge in [-0.15, -0.1) is 47.0 Å². The van der Waals surface area contributed by atoms with Crippen LogP contribution >= 0.6 is 94.1 Å². The lowest BCUT2D eigenvalue weighted by Gasteiger charge is -2.07. The fourth-order valence-corrected chi connectivity index (χ4v) is 14.8. The average molecular weight is 549 g/mol. The van der Waals surface area contributed by atoms with Gasteiger partial charge in [-0.05, 0) is 29.4 Å². The molecule has 0 amide bonds. The summed E-state index contributed by atoms with van der Waals surface area (Å²) in [6, 6.07) is 0. The van der Waals surface area contributed by atoms with Crippen LogP contribution < -0.4 is 0 Å². The summed E-state index contributed by atoms with van der Waals surface area (Å²) >= 11 is 13.9. The van der Waals surface area contributed by atoms with Gasteiger partial charge in [0.05, 0.1) is 22.7 Å². The lowest BCUT2D eigenvalue weighted by Crippen LogP contribution is -2.02. The number of carbonyl (C=O) groups is 2. The first kappa shape index (κ1) is 26.5. The molecule has 2 aliphatic heterocycles. The third-order valence-corrected chi connectivity index (χ3v) is 15.0. The molecule has 2 aliphatic rings. The fourth-order valence-electron chi connectivity index (χ4n) is 2.06. The van der Waals surface area contributed by atoms with Gasteiger partial charge in [0.2, 0.25) is 0 Å². The van der Waals surface area contributed by atoms with Crippen LogP contribution in [0.15, 0.2) is 18.3 Å². The molecule has 0 bridgehead atoms. The second kappa shape index (κ2) is 14.4. The molecule has 0 spiro atoms. The molecular weight excluding hydrogens is 525 g/mol. The van der Waals surface area contributed by atoms with Crippen molar-refractivity contribution >= 4 is 106 Å². The van der Waals surface area contributed by atoms with E-state index in [-0.39, 0.29) is 11.9 Å². The first-order valence-electron chi connectivity index (χ1n) is 8.84. The summed E-state index contributed by atoms with van der Waals surface area (Å²) < 4.78 is 12.7. The van der Waals surface area contributed by atoms with Gasteiger partial charge in [0.25, 0.3) is 0 Å². The van der Waals surface area contributed by atoms with E-state index in [2.05, 4.69) is 13.8 Å². The summed E-state index contributed by atoms with van der Waals surface area (Å²) in [5.41, 5.74) is 0. The molecule has 2 unspecified atom stereocenters. The van der Waals surface area contributed by atoms with Crippen molar-refractivity contribution in [2.75, 3.05) is 37.2 Å². The van der Waals surface area contributed by atoms with E-state index in [9.17, 15) is 9.59 Å². The molecule has 2 heterocycles. The van der Waals surface area contributed by atoms with Crippen LogP contribution in [0.25, 0.3) is 0 Å². The minimum atomic E-state index is -0.231. The zero-order valence-electron chi connectivity index (χ0n) is 16.6. The van der Waals surface area contributed by atoms with E-state index in [0.717, 1.165) is 47.7 Å². The molecule has 0 aromatic heterocycles. The molecule has 0 N–H and O–H groups in total. The van der Waals surface area contributed by atoms with E-state index in [1.807, 2.05) is 23.5 Å². The van der Waals surface area contributed by atoms with Gasteiger partial charge in [-0.2, -0.15) is 0 Å². The van der Waals surface area contributed by atoms with Gasteiger partial charge in [-0.1, -0.05) is 60.9 Å². The van der Waals surface area contributed by atoms with E-state index in [4.69, 9.17) is 9.47 Å². The van der Waals surface area contributed by atoms with Crippen LogP contribution in [-0.2, 0) is 19.1 Å². The maximum atomic E-state index is 12.1. The second-order valence-corrected chi connectivity index (χ2v) is 17.0. The molecule has 0 aromatic rings. The smallest absolute Gasteiger partial charge is 0.346 e. The van der Waals surface area contributed by atoms with Crippen LogP contribution in [0.5, 0.6) is 0 Å². The lowest BCUT2D eigenvalue weighted by atomic mass is 10.6. The zero-order valence-corrected chi connectivity index (χ0v) is 23.1. The van der Waals surface area contributed by atoms with Crippen molar-refractivity contribution < 1.29 is 19.1 Å². The number of carbonyl (C=O) groups excluding carboxylic acids is 2. The quantitative estimate of drug-likeness (QED) is 0.196. The van der Waals surface area contributed by atoms with Crippen molar-refractivity contribution in [1.29, 1.82) is 0 Å². The largest absolute Gasteiger partial charge is 0.465 e. The molecule has 164 valence electrons. The Balaban J connectivity index is 1.83. The minimum Gasteiger partial charge on any atom is -0.465 e. The van der Waals surface area contributed by atoms with E-state index >= 15 is 0 Å². The van der Waals surface area contributed by atoms with Gasteiger partial charge >= 0.3 is 11.9 Å². The highest BCUT2D eigenvalue weighted by Crippen LogP contribution is 2.56. The maximum absolute atomic E-state index is 12.1. The second-order valence-electron chi connectivity index (χ2n) is 5.23. The number of hydrogen-bond donors (Lipinski definition) is 0. The first-order valence-corrected chi connectivity index (χ1v) is 16.4. The summed E-state index contributed by atoms with van der Waals surface area (Å²) in [4.78, 5) is 25.6. The topological polar surface area (TPSA) is 52.6 Å². The molecular formula is C17H24O4S8. The van der Waals surface area contributed by atoms with Gasteiger partial charge in [-0.3, -0.25) is 0 Å². The summed E-state index contributed by atoms with van der Waals surface area (Å²) in [5, 5.41) is 0. The Bertz CT molecular complexity index is 597. The molecule has 12 heteroatoms. The Kier molecular flexibility index (Phi) is 13.1. The molecule has 0 saturated carbocycles. The Labute approximate surface area is 207 Å². The third-order valence-electron chi connectivity index (χ3n) is 3.31. The standard InChI is InChI=1S/C17H24O4S8/c1-5-22-16-26-10(12(18)20-3)14(28-16)24-8-7-9-25-15-11(13(19)21-4)27-17(29-15)23-6-2/h16-17H,5-9H2,1-4H3. The molecule has 2 atom stereocenters. The molecule has 0 fully saturated rings. The van der Waals surface area contributed by atoms with Crippen LogP contribution in [0, 0.1) is 0 Å². The number of esters is 2. The van der Waals surface area contributed by atoms with Crippen LogP contribution in [-0.4, -0.2) is 57.0 Å². The SMILES string of the molecule is CCSC1SC(SCCCSC2=C(C(=O)OC)SC(SCC)S2)=C(C(=O)OC)S1. The lowest BCUT2D eigenvalue weighted by molar-refractivity contribution is -0.136. The molecule has 0 aliphatic carbocycles. The van der Waals surface area contributed by atoms with Crippen LogP contribution in [0.4, 0.5) is 0 Å². The average Bonchev–Trinajstić information content (AvgIpc) is 3.31. The highest BCUT2D eigenvalue weighted by Gasteiger charge is 2.32. The van der Waals surface area contributed by atoms with Gasteiger partial charge in [0.1, 0.15) is 17.6 Å². The van der Waals surface area contributed by atoms with Crippen molar-refractivity contribution in [2.24, 2.45) is 0 Å². The van der Waals surface area contributed by atoms with Crippen molar-refractivity contribution in [3.8, 4) is 0 Å². The number of ether oxygens (including phenoxy) is 2. The third kappa shape index (κ3) is 8.25. The van der Waals surface area contributed by atoms with Gasteiger partial charge in [0.15, 0.2) is 0 Å². The van der Waals surface area contributed by atoms with Gasteiger partial charge in [0, 0.05) is 0 Å². The minimum absolute atomic E-state index is 0.231. The fraction of sp³-hybridized carbons (Fsp3) is 0.647. The Morgan fingerprint density at radius 2 is 1.21 bits per heavy atom. The monoisotopic (exact) mass is 548 g/mol. The predicted molar refractivity (Wildman–Crippen MR) is 142 cm³/mol. The van der Waals surface area contributed by atoms with Crippen molar-refractivity contribution in [3.63, 3.8) is 0 Å². The Hall–Kier alpha value is 1.22. The van der Waals surface area contributed by atoms with Gasteiger partial charge in [-0.25, -0.2) is 9.59 Å². The molecule has 0 radical (unpaired) electrons. The number of rotatable bonds is 12. The highest BCUT2D eigenvalue weighted by atomic mass is 32.3. The molecule has 2 rings (SSSR count). The van der Waals surface area contributed by atoms with Crippen molar-refractivity contribution in [2.45, 2.75) is 28.1 Å². The van der Waals surface area contributed by atoms with E-state index in [1.165, 1.54) is 14.2 Å². The Morgan fingerprint density at radius 3 is 1.55 bits per heavy atom. The number of thioether (sulfide) groups is 8. The highest BCUT2D eigenvalue weighted by molar-refractivity contribution is 8.41. The van der Waals surface area contributed by atoms with Crippen molar-refractivity contribution in [3.05, 3.63) is 18.3 Å². The summed E-state index contributed by atoms with van der Waals surface area (Å²) in [6.07, 6.45) is 0.999. The molecule has 29 heavy (non-hydrogen) atoms. The predicted octanol–water partition coefficient (Wildman–Crippen LogP) is 6.56. The number of hydrogen-bond acceptors (Lipinski definition) is 12. The van der Waals surface area contributed by atoms with Crippen molar-refractivity contribution in [1.82, 2.24) is 0 Å². The van der Waals surface area contributed by atoms with E-state index in [0.29, 0.717) is 7.83 Å². The van der Waals surface area contributed by atoms with Crippen LogP contribution in [0.3, 0.4) is 0 Å². The maximum Gasteiger partial charge on any atom is 0.346 e. The number of methoxy groups -OCH3 is 2. The Morgan fingerprint density at radius 1 is 0.793 bits per heavy atom. The summed E-state index contributed by atoms with van der Waals surface area (Å²) in [7, 11) is 2.88. The summed E-state index contributed by atoms with van der Waals surface area (Å²) in [5.74, 6) is 3.46. The van der Waals surface area contributed by atoms with Crippen LogP contribution in [0.2, 0.25) is 0 Å². The summed E-state index contributed by atoms with van der Waals surface area (Å²) in [6.45, 7) is 4.26. The van der Waals surface area contributed by atoms with Crippen LogP contribution in [0.1, 0.15) is 20.3 Å².